The second-order valence-electron chi connectivity index (χ2n) is 2.99. The molecule has 2 heterocycles. The number of nitrogens with one attached hydrogen (secondary N) is 1. The Bertz CT molecular complexity index is 534. The number of nitrogens with zero attached hydrogens (tertiary/aromatic N) is 3. The zero-order valence-electron chi connectivity index (χ0n) is 8.97. The number of nitrogen functional groups attached to an aromatic ring is 1. The summed E-state index contributed by atoms with van der Waals surface area (Å²) in [4.78, 5) is 13.0. The predicted octanol–water partition coefficient (Wildman–Crippen LogP) is 2.76. The number of aromatic nitrogens is 2. The van der Waals surface area contributed by atoms with Crippen LogP contribution in [0.15, 0.2) is 22.5 Å². The molecule has 7 heteroatoms. The molecule has 0 saturated heterocycles. The lowest BCUT2D eigenvalue weighted by molar-refractivity contribution is 1.07. The third-order valence-electron chi connectivity index (χ3n) is 2.04. The van der Waals surface area contributed by atoms with Crippen LogP contribution in [0, 0.1) is 6.57 Å². The van der Waals surface area contributed by atoms with Crippen molar-refractivity contribution < 1.29 is 0 Å². The molecule has 0 amide bonds. The van der Waals surface area contributed by atoms with Gasteiger partial charge in [0, 0.05) is 0 Å². The van der Waals surface area contributed by atoms with Gasteiger partial charge in [-0.2, -0.15) is 0 Å². The highest BCUT2D eigenvalue weighted by molar-refractivity contribution is 7.98. The van der Waals surface area contributed by atoms with Crippen LogP contribution in [0.1, 0.15) is 0 Å². The van der Waals surface area contributed by atoms with Crippen molar-refractivity contribution in [3.05, 3.63) is 28.9 Å². The van der Waals surface area contributed by atoms with Gasteiger partial charge < -0.3 is 5.43 Å². The third-order valence-corrected chi connectivity index (χ3v) is 3.57. The van der Waals surface area contributed by atoms with Gasteiger partial charge in [0.15, 0.2) is 11.6 Å². The second kappa shape index (κ2) is 5.14. The van der Waals surface area contributed by atoms with Crippen LogP contribution in [0.5, 0.6) is 0 Å². The van der Waals surface area contributed by atoms with Crippen LogP contribution < -0.4 is 11.3 Å². The van der Waals surface area contributed by atoms with Crippen molar-refractivity contribution in [1.29, 1.82) is 0 Å². The van der Waals surface area contributed by atoms with E-state index in [0.29, 0.717) is 22.4 Å². The molecule has 0 unspecified atom stereocenters. The van der Waals surface area contributed by atoms with Gasteiger partial charge >= 0.3 is 0 Å². The first kappa shape index (κ1) is 11.9. The van der Waals surface area contributed by atoms with Gasteiger partial charge in [0.25, 0.3) is 5.69 Å². The van der Waals surface area contributed by atoms with E-state index in [9.17, 15) is 0 Å². The van der Waals surface area contributed by atoms with Crippen molar-refractivity contribution in [2.45, 2.75) is 5.03 Å². The minimum atomic E-state index is 0.361. The predicted molar refractivity (Wildman–Crippen MR) is 71.2 cm³/mol. The van der Waals surface area contributed by atoms with E-state index in [1.54, 1.807) is 11.3 Å². The Balaban J connectivity index is 2.61. The molecule has 0 atom stereocenters. The summed E-state index contributed by atoms with van der Waals surface area (Å²) in [5.41, 5.74) is 2.81. The summed E-state index contributed by atoms with van der Waals surface area (Å²) in [5, 5.41) is 2.59. The third kappa shape index (κ3) is 2.24. The molecule has 3 N–H and O–H groups in total. The van der Waals surface area contributed by atoms with E-state index in [2.05, 4.69) is 20.2 Å². The smallest absolute Gasteiger partial charge is 0.260 e. The minimum Gasteiger partial charge on any atom is -0.317 e. The highest BCUT2D eigenvalue weighted by atomic mass is 32.2. The second-order valence-corrected chi connectivity index (χ2v) is 4.73. The highest BCUT2D eigenvalue weighted by Crippen LogP contribution is 2.35. The monoisotopic (exact) mass is 263 g/mol. The van der Waals surface area contributed by atoms with Crippen molar-refractivity contribution in [3.8, 4) is 10.7 Å². The largest absolute Gasteiger partial charge is 0.317 e. The normalized spacial score (nSPS) is 9.94. The lowest BCUT2D eigenvalue weighted by atomic mass is 10.4. The van der Waals surface area contributed by atoms with E-state index in [0.717, 1.165) is 4.88 Å². The number of hydrogen-bond acceptors (Lipinski definition) is 6. The van der Waals surface area contributed by atoms with Gasteiger partial charge in [-0.25, -0.2) is 14.8 Å². The summed E-state index contributed by atoms with van der Waals surface area (Å²) in [6, 6.07) is 3.86. The summed E-state index contributed by atoms with van der Waals surface area (Å²) < 4.78 is 0. The summed E-state index contributed by atoms with van der Waals surface area (Å²) in [6.45, 7) is 7.12. The van der Waals surface area contributed by atoms with Gasteiger partial charge in [-0.3, -0.25) is 5.84 Å². The van der Waals surface area contributed by atoms with Crippen LogP contribution in [-0.2, 0) is 0 Å². The Morgan fingerprint density at radius 3 is 2.88 bits per heavy atom. The number of anilines is 1. The number of hydrogen-bond donors (Lipinski definition) is 2. The molecule has 0 aliphatic heterocycles. The molecule has 0 bridgehead atoms. The summed E-state index contributed by atoms with van der Waals surface area (Å²) in [6.07, 6.45) is 1.87. The van der Waals surface area contributed by atoms with Crippen molar-refractivity contribution in [2.24, 2.45) is 5.84 Å². The first-order chi connectivity index (χ1) is 8.30. The Hall–Kier alpha value is -1.62. The number of rotatable bonds is 3. The maximum absolute atomic E-state index is 7.12. The number of hydrazine groups is 1. The van der Waals surface area contributed by atoms with Crippen LogP contribution >= 0.6 is 23.1 Å². The standard InChI is InChI=1S/C10H9N5S2/c1-12-7-9(15-11)13-8(14-10(7)16-2)6-4-3-5-17-6/h3-5H,11H2,2H3,(H,13,14,15). The average Bonchev–Trinajstić information content (AvgIpc) is 2.90. The molecule has 2 aromatic rings. The zero-order chi connectivity index (χ0) is 12.3. The summed E-state index contributed by atoms with van der Waals surface area (Å²) in [7, 11) is 0. The van der Waals surface area contributed by atoms with Crippen molar-refractivity contribution in [1.82, 2.24) is 9.97 Å². The van der Waals surface area contributed by atoms with Gasteiger partial charge in [-0.05, 0) is 17.7 Å². The number of thiophene rings is 1. The zero-order valence-corrected chi connectivity index (χ0v) is 10.6. The van der Waals surface area contributed by atoms with Crippen molar-refractivity contribution in [2.75, 3.05) is 11.7 Å². The van der Waals surface area contributed by atoms with Crippen LogP contribution in [0.3, 0.4) is 0 Å². The first-order valence-corrected chi connectivity index (χ1v) is 6.74. The van der Waals surface area contributed by atoms with Gasteiger partial charge in [0.1, 0.15) is 5.03 Å². The van der Waals surface area contributed by atoms with E-state index in [1.807, 2.05) is 23.8 Å². The van der Waals surface area contributed by atoms with Crippen LogP contribution in [-0.4, -0.2) is 16.2 Å². The molecular formula is C10H9N5S2. The fourth-order valence-electron chi connectivity index (χ4n) is 1.29. The molecule has 0 aromatic carbocycles. The van der Waals surface area contributed by atoms with E-state index >= 15 is 0 Å². The maximum atomic E-state index is 7.12. The lowest BCUT2D eigenvalue weighted by Crippen LogP contribution is -2.10. The minimum absolute atomic E-state index is 0.361. The fourth-order valence-corrected chi connectivity index (χ4v) is 2.46. The van der Waals surface area contributed by atoms with E-state index in [-0.39, 0.29) is 0 Å². The van der Waals surface area contributed by atoms with Crippen LogP contribution in [0.25, 0.3) is 15.5 Å². The van der Waals surface area contributed by atoms with Crippen LogP contribution in [0.4, 0.5) is 11.5 Å². The average molecular weight is 263 g/mol. The number of nitrogens with two attached hydrogens (primary N) is 1. The maximum Gasteiger partial charge on any atom is 0.260 e. The molecule has 0 radical (unpaired) electrons. The Kier molecular flexibility index (Phi) is 3.58. The molecule has 0 fully saturated rings. The molecule has 0 saturated carbocycles. The topological polar surface area (TPSA) is 68.2 Å². The lowest BCUT2D eigenvalue weighted by Gasteiger charge is -2.07. The van der Waals surface area contributed by atoms with Crippen molar-refractivity contribution >= 4 is 34.6 Å². The number of thioether (sulfide) groups is 1. The molecule has 86 valence electrons. The summed E-state index contributed by atoms with van der Waals surface area (Å²) >= 11 is 2.95. The van der Waals surface area contributed by atoms with Gasteiger partial charge in [0.05, 0.1) is 11.4 Å². The Morgan fingerprint density at radius 1 is 1.53 bits per heavy atom. The Morgan fingerprint density at radius 2 is 2.35 bits per heavy atom. The fraction of sp³-hybridized carbons (Fsp3) is 0.100. The van der Waals surface area contributed by atoms with Crippen LogP contribution in [0.2, 0.25) is 0 Å². The van der Waals surface area contributed by atoms with E-state index < -0.39 is 0 Å². The van der Waals surface area contributed by atoms with Gasteiger partial charge in [-0.15, -0.1) is 23.1 Å². The molecule has 0 aliphatic carbocycles. The SMILES string of the molecule is [C-]#[N+]c1c(NN)nc(-c2cccs2)nc1SC. The molecular weight excluding hydrogens is 254 g/mol. The molecule has 2 aromatic heterocycles. The van der Waals surface area contributed by atoms with Crippen molar-refractivity contribution in [3.63, 3.8) is 0 Å². The van der Waals surface area contributed by atoms with E-state index in [1.165, 1.54) is 11.8 Å². The van der Waals surface area contributed by atoms with Gasteiger partial charge in [-0.1, -0.05) is 6.07 Å². The highest BCUT2D eigenvalue weighted by Gasteiger charge is 2.14. The molecule has 17 heavy (non-hydrogen) atoms. The molecule has 5 nitrogen and oxygen atoms in total. The molecule has 2 rings (SSSR count). The summed E-state index contributed by atoms with van der Waals surface area (Å²) in [5.74, 6) is 6.33. The molecule has 0 spiro atoms. The Labute approximate surface area is 107 Å². The molecule has 0 aliphatic rings. The van der Waals surface area contributed by atoms with Gasteiger partial charge in [0.2, 0.25) is 0 Å². The van der Waals surface area contributed by atoms with E-state index in [4.69, 9.17) is 12.4 Å². The first-order valence-electron chi connectivity index (χ1n) is 4.64. The quantitative estimate of drug-likeness (QED) is 0.293.